The van der Waals surface area contributed by atoms with Crippen molar-refractivity contribution in [2.45, 2.75) is 44.0 Å². The molecule has 41 heavy (non-hydrogen) atoms. The van der Waals surface area contributed by atoms with Crippen LogP contribution in [0.25, 0.3) is 10.9 Å². The van der Waals surface area contributed by atoms with Crippen molar-refractivity contribution in [2.24, 2.45) is 0 Å². The fraction of sp³-hybridized carbons (Fsp3) is 0.433. The number of ether oxygens (including phenoxy) is 1. The van der Waals surface area contributed by atoms with Crippen molar-refractivity contribution in [2.75, 3.05) is 49.6 Å². The fourth-order valence-electron chi connectivity index (χ4n) is 5.62. The maximum Gasteiger partial charge on any atom is 0.417 e. The fourth-order valence-corrected chi connectivity index (χ4v) is 5.80. The summed E-state index contributed by atoms with van der Waals surface area (Å²) < 4.78 is 46.1. The molecule has 2 fully saturated rings. The molecule has 1 aliphatic heterocycles. The van der Waals surface area contributed by atoms with Crippen LogP contribution in [-0.4, -0.2) is 67.8 Å². The largest absolute Gasteiger partial charge is 0.417 e. The first-order valence-electron chi connectivity index (χ1n) is 13.7. The lowest BCUT2D eigenvalue weighted by molar-refractivity contribution is -0.139. The van der Waals surface area contributed by atoms with E-state index < -0.39 is 11.7 Å². The first-order valence-corrected chi connectivity index (χ1v) is 14.0. The van der Waals surface area contributed by atoms with E-state index in [0.29, 0.717) is 36.9 Å². The molecule has 1 aliphatic carbocycles. The number of amides is 1. The molecule has 7 nitrogen and oxygen atoms in total. The summed E-state index contributed by atoms with van der Waals surface area (Å²) in [4.78, 5) is 23.4. The Morgan fingerprint density at radius 2 is 1.80 bits per heavy atom. The average molecular weight is 586 g/mol. The molecular formula is C30H31ClF3N5O2. The molecule has 0 spiro atoms. The number of hydrogen-bond acceptors (Lipinski definition) is 6. The van der Waals surface area contributed by atoms with Crippen LogP contribution in [0, 0.1) is 11.3 Å². The zero-order valence-electron chi connectivity index (χ0n) is 22.7. The number of nitrogens with zero attached hydrogens (tertiary/aromatic N) is 5. The van der Waals surface area contributed by atoms with Crippen molar-refractivity contribution < 1.29 is 22.7 Å². The Balaban J connectivity index is 1.07. The molecule has 216 valence electrons. The highest BCUT2D eigenvalue weighted by Crippen LogP contribution is 2.36. The molecule has 2 heterocycles. The van der Waals surface area contributed by atoms with E-state index in [-0.39, 0.29) is 30.2 Å². The number of anilines is 2. The monoisotopic (exact) mass is 585 g/mol. The zero-order valence-corrected chi connectivity index (χ0v) is 23.5. The quantitative estimate of drug-likeness (QED) is 0.359. The summed E-state index contributed by atoms with van der Waals surface area (Å²) in [5, 5.41) is 10.7. The predicted molar refractivity (Wildman–Crippen MR) is 152 cm³/mol. The summed E-state index contributed by atoms with van der Waals surface area (Å²) in [6, 6.07) is 15.1. The number of rotatable bonds is 6. The Bertz CT molecular complexity index is 1440. The molecule has 2 aliphatic rings. The number of fused-ring (bicyclic) bond motifs is 1. The van der Waals surface area contributed by atoms with Crippen LogP contribution in [0.5, 0.6) is 0 Å². The van der Waals surface area contributed by atoms with Gasteiger partial charge in [-0.15, -0.1) is 0 Å². The summed E-state index contributed by atoms with van der Waals surface area (Å²) >= 11 is 6.07. The lowest BCUT2D eigenvalue weighted by Gasteiger charge is -2.37. The Labute approximate surface area is 242 Å². The molecule has 0 N–H and O–H groups in total. The third-order valence-electron chi connectivity index (χ3n) is 8.06. The maximum atomic E-state index is 13.4. The SMILES string of the molecule is CN(c1ccc(C#N)c(C(F)(F)F)c1)[C@H]1CC[C@H](OCC(=O)N2CCN(c3ccc4cc(Cl)ccc4n3)CC2)CC1. The third kappa shape index (κ3) is 6.68. The van der Waals surface area contributed by atoms with Crippen molar-refractivity contribution in [3.8, 4) is 6.07 Å². The molecule has 0 unspecified atom stereocenters. The summed E-state index contributed by atoms with van der Waals surface area (Å²) in [5.41, 5.74) is 0.00882. The molecule has 1 amide bonds. The van der Waals surface area contributed by atoms with Gasteiger partial charge >= 0.3 is 6.18 Å². The van der Waals surface area contributed by atoms with Gasteiger partial charge in [0.15, 0.2) is 0 Å². The van der Waals surface area contributed by atoms with E-state index in [1.807, 2.05) is 40.1 Å². The van der Waals surface area contributed by atoms with E-state index in [0.717, 1.165) is 48.5 Å². The number of piperazine rings is 1. The van der Waals surface area contributed by atoms with Gasteiger partial charge in [-0.05, 0) is 74.2 Å². The van der Waals surface area contributed by atoms with Gasteiger partial charge in [-0.1, -0.05) is 11.6 Å². The minimum atomic E-state index is -4.59. The van der Waals surface area contributed by atoms with E-state index in [1.165, 1.54) is 6.07 Å². The summed E-state index contributed by atoms with van der Waals surface area (Å²) in [6.45, 7) is 2.56. The minimum Gasteiger partial charge on any atom is -0.372 e. The zero-order chi connectivity index (χ0) is 29.1. The lowest BCUT2D eigenvalue weighted by Crippen LogP contribution is -2.50. The summed E-state index contributed by atoms with van der Waals surface area (Å²) in [7, 11) is 1.78. The standard InChI is InChI=1S/C30H31ClF3N5O2/c1-37(24-5-2-21(18-35)26(17-24)30(32,33)34)23-6-8-25(9-7-23)41-19-29(40)39-14-12-38(13-15-39)28-11-3-20-16-22(31)4-10-27(20)36-28/h2-5,10-11,16-17,23,25H,6-9,12-15,19H2,1H3/t23-,25-. The number of carbonyl (C=O) groups is 1. The van der Waals surface area contributed by atoms with Gasteiger partial charge in [-0.2, -0.15) is 18.4 Å². The topological polar surface area (TPSA) is 72.7 Å². The molecule has 1 saturated carbocycles. The first kappa shape index (κ1) is 29.0. The molecule has 2 aromatic carbocycles. The summed E-state index contributed by atoms with van der Waals surface area (Å²) in [5.74, 6) is 0.836. The minimum absolute atomic E-state index is 0.0186. The van der Waals surface area contributed by atoms with Gasteiger partial charge in [0.1, 0.15) is 12.4 Å². The van der Waals surface area contributed by atoms with Gasteiger partial charge in [0.05, 0.1) is 28.8 Å². The first-order chi connectivity index (χ1) is 19.6. The highest BCUT2D eigenvalue weighted by atomic mass is 35.5. The van der Waals surface area contributed by atoms with Crippen LogP contribution < -0.4 is 9.80 Å². The number of hydrogen-bond donors (Lipinski definition) is 0. The highest BCUT2D eigenvalue weighted by molar-refractivity contribution is 6.31. The van der Waals surface area contributed by atoms with E-state index >= 15 is 0 Å². The van der Waals surface area contributed by atoms with Crippen LogP contribution in [0.4, 0.5) is 24.7 Å². The van der Waals surface area contributed by atoms with E-state index in [4.69, 9.17) is 26.6 Å². The molecule has 3 aromatic rings. The highest BCUT2D eigenvalue weighted by Gasteiger charge is 2.35. The molecule has 1 saturated heterocycles. The van der Waals surface area contributed by atoms with Gasteiger partial charge < -0.3 is 19.4 Å². The van der Waals surface area contributed by atoms with Crippen LogP contribution in [0.3, 0.4) is 0 Å². The number of alkyl halides is 3. The van der Waals surface area contributed by atoms with Crippen molar-refractivity contribution in [3.05, 3.63) is 64.7 Å². The van der Waals surface area contributed by atoms with E-state index in [2.05, 4.69) is 4.90 Å². The number of aromatic nitrogens is 1. The van der Waals surface area contributed by atoms with Gasteiger partial charge in [-0.3, -0.25) is 4.79 Å². The Hall–Kier alpha value is -3.55. The molecule has 1 aromatic heterocycles. The Kier molecular flexibility index (Phi) is 8.57. The number of carbonyl (C=O) groups excluding carboxylic acids is 1. The van der Waals surface area contributed by atoms with E-state index in [1.54, 1.807) is 19.2 Å². The van der Waals surface area contributed by atoms with Gasteiger partial charge in [-0.25, -0.2) is 4.98 Å². The van der Waals surface area contributed by atoms with Gasteiger partial charge in [0.2, 0.25) is 5.91 Å². The third-order valence-corrected chi connectivity index (χ3v) is 8.30. The maximum absolute atomic E-state index is 13.4. The normalized spacial score (nSPS) is 19.7. The lowest BCUT2D eigenvalue weighted by atomic mass is 9.91. The smallest absolute Gasteiger partial charge is 0.372 e. The van der Waals surface area contributed by atoms with Crippen LogP contribution in [0.2, 0.25) is 5.02 Å². The van der Waals surface area contributed by atoms with Crippen LogP contribution >= 0.6 is 11.6 Å². The number of nitriles is 1. The van der Waals surface area contributed by atoms with Crippen LogP contribution in [0.1, 0.15) is 36.8 Å². The van der Waals surface area contributed by atoms with Gasteiger partial charge in [0.25, 0.3) is 0 Å². The van der Waals surface area contributed by atoms with Crippen molar-refractivity contribution in [1.29, 1.82) is 5.26 Å². The number of pyridine rings is 1. The van der Waals surface area contributed by atoms with Gasteiger partial charge in [0, 0.05) is 55.4 Å². The Morgan fingerprint density at radius 3 is 2.49 bits per heavy atom. The Morgan fingerprint density at radius 1 is 1.07 bits per heavy atom. The number of benzene rings is 2. The second-order valence-electron chi connectivity index (χ2n) is 10.6. The molecule has 11 heteroatoms. The van der Waals surface area contributed by atoms with E-state index in [9.17, 15) is 18.0 Å². The molecular weight excluding hydrogens is 555 g/mol. The van der Waals surface area contributed by atoms with Crippen LogP contribution in [0.15, 0.2) is 48.5 Å². The second-order valence-corrected chi connectivity index (χ2v) is 11.0. The molecule has 0 bridgehead atoms. The van der Waals surface area contributed by atoms with Crippen molar-refractivity contribution in [1.82, 2.24) is 9.88 Å². The number of halogens is 4. The average Bonchev–Trinajstić information content (AvgIpc) is 2.98. The summed E-state index contributed by atoms with van der Waals surface area (Å²) in [6.07, 6.45) is -1.74. The van der Waals surface area contributed by atoms with Crippen molar-refractivity contribution >= 4 is 39.9 Å². The molecule has 5 rings (SSSR count). The van der Waals surface area contributed by atoms with Crippen molar-refractivity contribution in [3.63, 3.8) is 0 Å². The predicted octanol–water partition coefficient (Wildman–Crippen LogP) is 5.89. The second kappa shape index (κ2) is 12.1. The molecule has 0 radical (unpaired) electrons. The van der Waals surface area contributed by atoms with Crippen LogP contribution in [-0.2, 0) is 15.7 Å². The molecule has 0 atom stereocenters.